The molecule has 0 unspecified atom stereocenters. The van der Waals surface area contributed by atoms with Gasteiger partial charge < -0.3 is 5.32 Å². The molecule has 0 saturated carbocycles. The van der Waals surface area contributed by atoms with E-state index in [0.717, 1.165) is 34.1 Å². The summed E-state index contributed by atoms with van der Waals surface area (Å²) in [5, 5.41) is 2.84. The number of hydrogen-bond acceptors (Lipinski definition) is 1. The average molecular weight is 240 g/mol. The smallest absolute Gasteiger partial charge is 0.251 e. The van der Waals surface area contributed by atoms with Crippen LogP contribution in [0.1, 0.15) is 21.5 Å². The second-order valence-corrected chi connectivity index (χ2v) is 4.18. The number of aryl methyl sites for hydroxylation is 1. The molecule has 1 N–H and O–H groups in total. The zero-order valence-corrected chi connectivity index (χ0v) is 8.94. The predicted molar refractivity (Wildman–Crippen MR) is 54.9 cm³/mol. The van der Waals surface area contributed by atoms with E-state index in [0.29, 0.717) is 0 Å². The highest BCUT2D eigenvalue weighted by molar-refractivity contribution is 9.10. The number of carbonyl (C=O) groups excluding carboxylic acids is 1. The largest absolute Gasteiger partial charge is 0.352 e. The molecule has 0 aromatic heterocycles. The van der Waals surface area contributed by atoms with Crippen molar-refractivity contribution in [3.8, 4) is 0 Å². The fraction of sp³-hybridized carbons (Fsp3) is 0.300. The van der Waals surface area contributed by atoms with Gasteiger partial charge in [0.25, 0.3) is 5.91 Å². The van der Waals surface area contributed by atoms with Crippen LogP contribution in [0.5, 0.6) is 0 Å². The third-order valence-electron chi connectivity index (χ3n) is 2.29. The number of nitrogens with one attached hydrogen (secondary N) is 1. The Kier molecular flexibility index (Phi) is 2.12. The Morgan fingerprint density at radius 2 is 2.23 bits per heavy atom. The van der Waals surface area contributed by atoms with Gasteiger partial charge in [0.1, 0.15) is 0 Å². The van der Waals surface area contributed by atoms with Crippen LogP contribution in [-0.2, 0) is 6.42 Å². The summed E-state index contributed by atoms with van der Waals surface area (Å²) in [6.45, 7) is 2.72. The van der Waals surface area contributed by atoms with Crippen LogP contribution in [0.15, 0.2) is 16.6 Å². The normalized spacial score (nSPS) is 15.1. The van der Waals surface area contributed by atoms with Gasteiger partial charge in [-0.25, -0.2) is 0 Å². The minimum atomic E-state index is 0.0613. The summed E-state index contributed by atoms with van der Waals surface area (Å²) in [5.74, 6) is 0.0613. The van der Waals surface area contributed by atoms with E-state index in [2.05, 4.69) is 21.2 Å². The third-order valence-corrected chi connectivity index (χ3v) is 2.75. The molecule has 1 aliphatic rings. The lowest BCUT2D eigenvalue weighted by atomic mass is 9.96. The highest BCUT2D eigenvalue weighted by atomic mass is 79.9. The first-order valence-corrected chi connectivity index (χ1v) is 5.05. The Balaban J connectivity index is 2.63. The summed E-state index contributed by atoms with van der Waals surface area (Å²) in [7, 11) is 0. The second kappa shape index (κ2) is 3.14. The highest BCUT2D eigenvalue weighted by Crippen LogP contribution is 2.23. The first-order chi connectivity index (χ1) is 6.18. The minimum absolute atomic E-state index is 0.0613. The summed E-state index contributed by atoms with van der Waals surface area (Å²) >= 11 is 3.43. The van der Waals surface area contributed by atoms with E-state index in [4.69, 9.17) is 0 Å². The Hall–Kier alpha value is -0.830. The lowest BCUT2D eigenvalue weighted by Crippen LogP contribution is -2.32. The molecule has 1 aromatic carbocycles. The van der Waals surface area contributed by atoms with E-state index >= 15 is 0 Å². The number of fused-ring (bicyclic) bond motifs is 1. The van der Waals surface area contributed by atoms with Crippen molar-refractivity contribution in [3.05, 3.63) is 33.3 Å². The molecule has 3 heteroatoms. The van der Waals surface area contributed by atoms with Crippen molar-refractivity contribution >= 4 is 21.8 Å². The quantitative estimate of drug-likeness (QED) is 0.738. The number of amides is 1. The van der Waals surface area contributed by atoms with E-state index in [1.807, 2.05) is 19.1 Å². The van der Waals surface area contributed by atoms with Crippen LogP contribution >= 0.6 is 15.9 Å². The highest BCUT2D eigenvalue weighted by Gasteiger charge is 2.18. The van der Waals surface area contributed by atoms with Crippen LogP contribution < -0.4 is 5.32 Å². The molecule has 2 nitrogen and oxygen atoms in total. The summed E-state index contributed by atoms with van der Waals surface area (Å²) in [5.41, 5.74) is 3.05. The maximum atomic E-state index is 11.5. The van der Waals surface area contributed by atoms with Crippen LogP contribution in [-0.4, -0.2) is 12.5 Å². The monoisotopic (exact) mass is 239 g/mol. The Bertz CT molecular complexity index is 373. The number of halogens is 1. The fourth-order valence-electron chi connectivity index (χ4n) is 1.73. The van der Waals surface area contributed by atoms with Crippen molar-refractivity contribution in [3.63, 3.8) is 0 Å². The Morgan fingerprint density at radius 3 is 3.00 bits per heavy atom. The zero-order valence-electron chi connectivity index (χ0n) is 7.36. The predicted octanol–water partition coefficient (Wildman–Crippen LogP) is 2.04. The van der Waals surface area contributed by atoms with E-state index in [-0.39, 0.29) is 5.91 Å². The van der Waals surface area contributed by atoms with E-state index < -0.39 is 0 Å². The van der Waals surface area contributed by atoms with Crippen LogP contribution in [0.4, 0.5) is 0 Å². The van der Waals surface area contributed by atoms with Crippen molar-refractivity contribution in [2.75, 3.05) is 6.54 Å². The molecule has 1 aromatic rings. The van der Waals surface area contributed by atoms with Gasteiger partial charge in [-0.05, 0) is 36.6 Å². The lowest BCUT2D eigenvalue weighted by molar-refractivity contribution is 0.0945. The van der Waals surface area contributed by atoms with Gasteiger partial charge in [-0.2, -0.15) is 0 Å². The van der Waals surface area contributed by atoms with Crippen molar-refractivity contribution < 1.29 is 4.79 Å². The van der Waals surface area contributed by atoms with E-state index in [1.54, 1.807) is 0 Å². The Morgan fingerprint density at radius 1 is 1.46 bits per heavy atom. The van der Waals surface area contributed by atoms with Crippen molar-refractivity contribution in [1.29, 1.82) is 0 Å². The molecule has 0 saturated heterocycles. The number of benzene rings is 1. The molecule has 13 heavy (non-hydrogen) atoms. The molecule has 0 radical (unpaired) electrons. The standard InChI is InChI=1S/C10H10BrNO/c1-6-4-8(11)5-7-2-3-12-10(13)9(6)7/h4-5H,2-3H2,1H3,(H,12,13). The van der Waals surface area contributed by atoms with Gasteiger partial charge in [0.15, 0.2) is 0 Å². The lowest BCUT2D eigenvalue weighted by Gasteiger charge is -2.18. The molecule has 0 fully saturated rings. The van der Waals surface area contributed by atoms with Crippen LogP contribution in [0.25, 0.3) is 0 Å². The maximum Gasteiger partial charge on any atom is 0.251 e. The van der Waals surface area contributed by atoms with Crippen molar-refractivity contribution in [1.82, 2.24) is 5.32 Å². The number of carbonyl (C=O) groups is 1. The molecule has 1 amide bonds. The Labute approximate surface area is 85.5 Å². The van der Waals surface area contributed by atoms with Gasteiger partial charge >= 0.3 is 0 Å². The molecule has 68 valence electrons. The molecule has 0 aliphatic carbocycles. The molecule has 0 bridgehead atoms. The SMILES string of the molecule is Cc1cc(Br)cc2c1C(=O)NCC2. The topological polar surface area (TPSA) is 29.1 Å². The fourth-order valence-corrected chi connectivity index (χ4v) is 2.35. The van der Waals surface area contributed by atoms with Gasteiger partial charge in [-0.3, -0.25) is 4.79 Å². The molecular weight excluding hydrogens is 230 g/mol. The summed E-state index contributed by atoms with van der Waals surface area (Å²) in [4.78, 5) is 11.5. The first kappa shape index (κ1) is 8.75. The van der Waals surface area contributed by atoms with Gasteiger partial charge in [0.2, 0.25) is 0 Å². The minimum Gasteiger partial charge on any atom is -0.352 e. The molecule has 0 spiro atoms. The second-order valence-electron chi connectivity index (χ2n) is 3.26. The third kappa shape index (κ3) is 1.48. The summed E-state index contributed by atoms with van der Waals surface area (Å²) < 4.78 is 1.05. The summed E-state index contributed by atoms with van der Waals surface area (Å²) in [6.07, 6.45) is 0.932. The van der Waals surface area contributed by atoms with Crippen LogP contribution in [0, 0.1) is 6.92 Å². The van der Waals surface area contributed by atoms with E-state index in [9.17, 15) is 4.79 Å². The zero-order chi connectivity index (χ0) is 9.42. The molecule has 0 atom stereocenters. The van der Waals surface area contributed by atoms with Crippen molar-refractivity contribution in [2.24, 2.45) is 0 Å². The molecule has 1 aliphatic heterocycles. The van der Waals surface area contributed by atoms with Gasteiger partial charge in [0, 0.05) is 16.6 Å². The van der Waals surface area contributed by atoms with Gasteiger partial charge in [0.05, 0.1) is 0 Å². The first-order valence-electron chi connectivity index (χ1n) is 4.25. The number of hydrogen-bond donors (Lipinski definition) is 1. The van der Waals surface area contributed by atoms with Gasteiger partial charge in [-0.1, -0.05) is 15.9 Å². The van der Waals surface area contributed by atoms with Crippen LogP contribution in [0.2, 0.25) is 0 Å². The maximum absolute atomic E-state index is 11.5. The average Bonchev–Trinajstić information content (AvgIpc) is 2.02. The van der Waals surface area contributed by atoms with Crippen molar-refractivity contribution in [2.45, 2.75) is 13.3 Å². The van der Waals surface area contributed by atoms with Gasteiger partial charge in [-0.15, -0.1) is 0 Å². The van der Waals surface area contributed by atoms with Crippen LogP contribution in [0.3, 0.4) is 0 Å². The molecule has 2 rings (SSSR count). The summed E-state index contributed by atoms with van der Waals surface area (Å²) in [6, 6.07) is 4.00. The molecular formula is C10H10BrNO. The van der Waals surface area contributed by atoms with E-state index in [1.165, 1.54) is 0 Å². The number of rotatable bonds is 0. The molecule has 1 heterocycles.